The lowest BCUT2D eigenvalue weighted by atomic mass is 9.86. The quantitative estimate of drug-likeness (QED) is 0.112. The lowest BCUT2D eigenvalue weighted by molar-refractivity contribution is -0.173. The second-order valence-corrected chi connectivity index (χ2v) is 17.4. The monoisotopic (exact) mass is 782 g/mol. The molecule has 3 aromatic rings. The topological polar surface area (TPSA) is 216 Å². The van der Waals surface area contributed by atoms with E-state index in [1.165, 1.54) is 23.8 Å². The molecule has 0 radical (unpaired) electrons. The van der Waals surface area contributed by atoms with Gasteiger partial charge in [-0.1, -0.05) is 67.0 Å². The fourth-order valence-corrected chi connectivity index (χ4v) is 7.53. The SMILES string of the molecule is CC(C)C(=O)O[C@H]1[C@@H](OC(=O)C(C)C)[C@](C#N)(c2ccc3c(N)ncnn23)O[C@@H]1COP(=O)(N[C@@H](C)C(=O)OCC1CCC1)Oc1ccc(C(C)(C)C)cc1. The summed E-state index contributed by atoms with van der Waals surface area (Å²) in [5, 5.41) is 17.9. The second kappa shape index (κ2) is 16.7. The highest BCUT2D eigenvalue weighted by molar-refractivity contribution is 7.52. The summed E-state index contributed by atoms with van der Waals surface area (Å²) >= 11 is 0. The average molecular weight is 783 g/mol. The zero-order valence-electron chi connectivity index (χ0n) is 32.5. The molecule has 1 unspecified atom stereocenters. The minimum Gasteiger partial charge on any atom is -0.464 e. The summed E-state index contributed by atoms with van der Waals surface area (Å²) in [5.41, 5.74) is 5.18. The zero-order valence-corrected chi connectivity index (χ0v) is 33.4. The second-order valence-electron chi connectivity index (χ2n) is 15.7. The molecule has 55 heavy (non-hydrogen) atoms. The molecule has 3 N–H and O–H groups in total. The Bertz CT molecular complexity index is 1950. The van der Waals surface area contributed by atoms with E-state index in [2.05, 4.69) is 21.2 Å². The number of aromatic nitrogens is 3. The summed E-state index contributed by atoms with van der Waals surface area (Å²) in [5.74, 6) is -2.80. The number of carbonyl (C=O) groups is 3. The van der Waals surface area contributed by atoms with Crippen LogP contribution in [0.1, 0.15) is 85.9 Å². The van der Waals surface area contributed by atoms with Crippen LogP contribution in [0, 0.1) is 29.1 Å². The molecule has 298 valence electrons. The molecule has 2 fully saturated rings. The van der Waals surface area contributed by atoms with E-state index in [1.54, 1.807) is 45.9 Å². The van der Waals surface area contributed by atoms with Crippen LogP contribution in [0.15, 0.2) is 42.7 Å². The molecule has 0 bridgehead atoms. The highest BCUT2D eigenvalue weighted by atomic mass is 31.2. The normalized spacial score (nSPS) is 23.1. The molecule has 0 amide bonds. The first-order valence-corrected chi connectivity index (χ1v) is 20.0. The Balaban J connectivity index is 1.52. The largest absolute Gasteiger partial charge is 0.464 e. The third-order valence-corrected chi connectivity index (χ3v) is 11.3. The fraction of sp³-hybridized carbons (Fsp3) is 0.579. The Morgan fingerprint density at radius 2 is 1.67 bits per heavy atom. The maximum Gasteiger partial charge on any atom is 0.459 e. The number of hydrogen-bond donors (Lipinski definition) is 2. The van der Waals surface area contributed by atoms with E-state index in [-0.39, 0.29) is 35.2 Å². The number of fused-ring (bicyclic) bond motifs is 1. The molecule has 1 aliphatic heterocycles. The van der Waals surface area contributed by atoms with Gasteiger partial charge in [-0.05, 0) is 60.9 Å². The Kier molecular flexibility index (Phi) is 12.6. The maximum atomic E-state index is 14.7. The number of nitrogens with two attached hydrogens (primary N) is 1. The number of esters is 3. The van der Waals surface area contributed by atoms with Gasteiger partial charge in [0.25, 0.3) is 0 Å². The standard InChI is InChI=1S/C38H51N6O10P/c1-22(2)34(45)51-31-29(53-38(20-39,32(31)52-35(46)23(3)4)30-17-16-28-33(40)41-21-42-44(28)30)19-50-55(48,43-24(5)36(47)49-18-25-10-9-11-25)54-27-14-12-26(13-15-27)37(6,7)8/h12-17,21-25,29,31-32H,9-11,18-19H2,1-8H3,(H,43,48)(H2,40,41,42)/t24-,29+,31+,32+,38-,55?/m0/s1. The Hall–Kier alpha value is -4.55. The number of nitrogen functional groups attached to an aromatic ring is 1. The first-order valence-electron chi connectivity index (χ1n) is 18.5. The summed E-state index contributed by atoms with van der Waals surface area (Å²) in [6, 6.07) is 11.0. The molecule has 6 atom stereocenters. The molecule has 1 aromatic carbocycles. The van der Waals surface area contributed by atoms with Crippen molar-refractivity contribution in [2.45, 2.75) is 110 Å². The average Bonchev–Trinajstić information content (AvgIpc) is 3.67. The third kappa shape index (κ3) is 9.29. The van der Waals surface area contributed by atoms with Crippen molar-refractivity contribution in [1.82, 2.24) is 19.7 Å². The number of carbonyl (C=O) groups excluding carboxylic acids is 3. The Morgan fingerprint density at radius 1 is 1.02 bits per heavy atom. The number of ether oxygens (including phenoxy) is 4. The predicted octanol–water partition coefficient (Wildman–Crippen LogP) is 5.39. The maximum absolute atomic E-state index is 14.7. The zero-order chi connectivity index (χ0) is 40.3. The van der Waals surface area contributed by atoms with Gasteiger partial charge in [-0.25, -0.2) is 14.1 Å². The van der Waals surface area contributed by atoms with Gasteiger partial charge in [-0.15, -0.1) is 0 Å². The minimum absolute atomic E-state index is 0.0908. The van der Waals surface area contributed by atoms with Crippen LogP contribution in [0.3, 0.4) is 0 Å². The van der Waals surface area contributed by atoms with Gasteiger partial charge >= 0.3 is 25.7 Å². The van der Waals surface area contributed by atoms with Crippen LogP contribution in [0.4, 0.5) is 5.82 Å². The highest BCUT2D eigenvalue weighted by Gasteiger charge is 2.63. The van der Waals surface area contributed by atoms with Crippen molar-refractivity contribution in [1.29, 1.82) is 5.26 Å². The Morgan fingerprint density at radius 3 is 2.25 bits per heavy atom. The number of anilines is 1. The molecule has 1 saturated carbocycles. The summed E-state index contributed by atoms with van der Waals surface area (Å²) in [4.78, 5) is 43.5. The van der Waals surface area contributed by atoms with Crippen molar-refractivity contribution in [3.8, 4) is 11.8 Å². The molecular formula is C38H51N6O10P. The lowest BCUT2D eigenvalue weighted by Crippen LogP contribution is -2.47. The van der Waals surface area contributed by atoms with Crippen LogP contribution in [0.5, 0.6) is 5.75 Å². The van der Waals surface area contributed by atoms with Crippen LogP contribution in [-0.2, 0) is 53.4 Å². The van der Waals surface area contributed by atoms with E-state index < -0.39 is 74.1 Å². The van der Waals surface area contributed by atoms with Crippen LogP contribution in [0.25, 0.3) is 5.52 Å². The number of nitrogens with zero attached hydrogens (tertiary/aromatic N) is 4. The smallest absolute Gasteiger partial charge is 0.459 e. The predicted molar refractivity (Wildman–Crippen MR) is 199 cm³/mol. The molecule has 3 heterocycles. The van der Waals surface area contributed by atoms with Gasteiger partial charge < -0.3 is 29.2 Å². The molecule has 1 saturated heterocycles. The summed E-state index contributed by atoms with van der Waals surface area (Å²) in [7, 11) is -4.50. The van der Waals surface area contributed by atoms with Crippen molar-refractivity contribution >= 4 is 37.0 Å². The summed E-state index contributed by atoms with van der Waals surface area (Å²) in [6.45, 7) is 13.6. The van der Waals surface area contributed by atoms with Crippen molar-refractivity contribution in [3.05, 3.63) is 54.0 Å². The first kappa shape index (κ1) is 41.6. The number of benzene rings is 1. The van der Waals surface area contributed by atoms with E-state index in [9.17, 15) is 24.2 Å². The lowest BCUT2D eigenvalue weighted by Gasteiger charge is -2.29. The molecule has 5 rings (SSSR count). The van der Waals surface area contributed by atoms with Gasteiger partial charge in [0.2, 0.25) is 5.60 Å². The molecule has 1 aliphatic carbocycles. The number of nitriles is 1. The molecule has 0 spiro atoms. The Labute approximate surface area is 320 Å². The molecule has 2 aromatic heterocycles. The van der Waals surface area contributed by atoms with Gasteiger partial charge in [-0.2, -0.15) is 15.4 Å². The van der Waals surface area contributed by atoms with Gasteiger partial charge in [0.1, 0.15) is 35.8 Å². The van der Waals surface area contributed by atoms with E-state index in [0.717, 1.165) is 24.8 Å². The van der Waals surface area contributed by atoms with Crippen molar-refractivity contribution in [3.63, 3.8) is 0 Å². The fourth-order valence-electron chi connectivity index (χ4n) is 6.03. The molecule has 2 aliphatic rings. The van der Waals surface area contributed by atoms with Crippen LogP contribution < -0.4 is 15.3 Å². The van der Waals surface area contributed by atoms with Crippen LogP contribution in [0.2, 0.25) is 0 Å². The first-order chi connectivity index (χ1) is 25.9. The van der Waals surface area contributed by atoms with Gasteiger partial charge in [-0.3, -0.25) is 18.9 Å². The third-order valence-electron chi connectivity index (χ3n) is 9.62. The van der Waals surface area contributed by atoms with E-state index >= 15 is 0 Å². The van der Waals surface area contributed by atoms with Gasteiger partial charge in [0.05, 0.1) is 30.7 Å². The highest BCUT2D eigenvalue weighted by Crippen LogP contribution is 2.49. The number of hydrogen-bond acceptors (Lipinski definition) is 14. The molecule has 16 nitrogen and oxygen atoms in total. The number of nitrogens with one attached hydrogen (secondary N) is 1. The van der Waals surface area contributed by atoms with E-state index in [0.29, 0.717) is 5.52 Å². The van der Waals surface area contributed by atoms with Crippen LogP contribution in [-0.4, -0.2) is 70.1 Å². The van der Waals surface area contributed by atoms with Crippen molar-refractivity contribution < 1.29 is 46.9 Å². The summed E-state index contributed by atoms with van der Waals surface area (Å²) in [6.07, 6.45) is -0.242. The van der Waals surface area contributed by atoms with Crippen LogP contribution >= 0.6 is 7.75 Å². The van der Waals surface area contributed by atoms with Gasteiger partial charge in [0, 0.05) is 0 Å². The minimum atomic E-state index is -4.50. The number of rotatable bonds is 15. The summed E-state index contributed by atoms with van der Waals surface area (Å²) < 4.78 is 51.8. The van der Waals surface area contributed by atoms with Crippen molar-refractivity contribution in [2.75, 3.05) is 18.9 Å². The van der Waals surface area contributed by atoms with Gasteiger partial charge in [0.15, 0.2) is 18.0 Å². The van der Waals surface area contributed by atoms with Crippen molar-refractivity contribution in [2.24, 2.45) is 17.8 Å². The van der Waals surface area contributed by atoms with E-state index in [1.807, 2.05) is 32.9 Å². The molecule has 17 heteroatoms. The van der Waals surface area contributed by atoms with E-state index in [4.69, 9.17) is 33.7 Å². The molecular weight excluding hydrogens is 731 g/mol.